The lowest BCUT2D eigenvalue weighted by Gasteiger charge is -2.00. The summed E-state index contributed by atoms with van der Waals surface area (Å²) in [5.41, 5.74) is 4.67. The predicted octanol–water partition coefficient (Wildman–Crippen LogP) is 4.03. The maximum absolute atomic E-state index is 12.8. The fourth-order valence-electron chi connectivity index (χ4n) is 1.57. The van der Waals surface area contributed by atoms with Crippen LogP contribution in [0.1, 0.15) is 38.7 Å². The van der Waals surface area contributed by atoms with Gasteiger partial charge in [0.05, 0.1) is 5.57 Å². The lowest BCUT2D eigenvalue weighted by atomic mass is 10.0. The minimum atomic E-state index is -0.940. The lowest BCUT2D eigenvalue weighted by Crippen LogP contribution is -1.99. The van der Waals surface area contributed by atoms with Crippen LogP contribution in [0.2, 0.25) is 0 Å². The largest absolute Gasteiger partial charge is 0.477 e. The second-order valence-electron chi connectivity index (χ2n) is 4.14. The highest BCUT2D eigenvalue weighted by Crippen LogP contribution is 2.15. The molecule has 0 unspecified atom stereocenters. The molecule has 96 valence electrons. The molecule has 1 rings (SSSR count). The average molecular weight is 248 g/mol. The van der Waals surface area contributed by atoms with Crippen LogP contribution in [-0.2, 0) is 4.79 Å². The molecule has 0 saturated heterocycles. The summed E-state index contributed by atoms with van der Waals surface area (Å²) in [4.78, 5) is 11.1. The number of carboxylic acids is 1. The van der Waals surface area contributed by atoms with Crippen molar-refractivity contribution in [3.63, 3.8) is 0 Å². The standard InChI is InChI=1S/C15H17FO2/c1-3-4-5-13(15(17)18)10-11(2)12-6-8-14(16)9-7-12/h6-9H,3-5H2,1-2H3,(H,17,18). The third-order valence-corrected chi connectivity index (χ3v) is 2.65. The van der Waals surface area contributed by atoms with E-state index >= 15 is 0 Å². The Hall–Kier alpha value is -1.86. The fraction of sp³-hybridized carbons (Fsp3) is 0.333. The van der Waals surface area contributed by atoms with Gasteiger partial charge < -0.3 is 5.11 Å². The van der Waals surface area contributed by atoms with Crippen molar-refractivity contribution in [2.24, 2.45) is 0 Å². The van der Waals surface area contributed by atoms with E-state index in [0.29, 0.717) is 12.0 Å². The Morgan fingerprint density at radius 3 is 2.44 bits per heavy atom. The highest BCUT2D eigenvalue weighted by Gasteiger charge is 2.06. The summed E-state index contributed by atoms with van der Waals surface area (Å²) in [5.74, 6) is -1.25. The van der Waals surface area contributed by atoms with E-state index in [9.17, 15) is 9.18 Å². The van der Waals surface area contributed by atoms with Gasteiger partial charge in [-0.25, -0.2) is 9.18 Å². The summed E-state index contributed by atoms with van der Waals surface area (Å²) in [5, 5.41) is 9.07. The maximum atomic E-state index is 12.8. The number of benzene rings is 1. The zero-order valence-electron chi connectivity index (χ0n) is 10.7. The molecule has 0 fully saturated rings. The van der Waals surface area contributed by atoms with E-state index in [-0.39, 0.29) is 11.4 Å². The van der Waals surface area contributed by atoms with E-state index in [1.807, 2.05) is 6.92 Å². The monoisotopic (exact) mass is 248 g/mol. The van der Waals surface area contributed by atoms with Crippen LogP contribution < -0.4 is 0 Å². The quantitative estimate of drug-likeness (QED) is 0.631. The normalized spacial score (nSPS) is 9.72. The Morgan fingerprint density at radius 2 is 1.94 bits per heavy atom. The second kappa shape index (κ2) is 6.77. The fourth-order valence-corrected chi connectivity index (χ4v) is 1.57. The van der Waals surface area contributed by atoms with E-state index in [2.05, 4.69) is 5.73 Å². The molecular formula is C15H17FO2. The van der Waals surface area contributed by atoms with E-state index in [1.165, 1.54) is 12.1 Å². The third kappa shape index (κ3) is 4.19. The van der Waals surface area contributed by atoms with E-state index in [4.69, 9.17) is 5.11 Å². The highest BCUT2D eigenvalue weighted by molar-refractivity contribution is 5.87. The molecule has 0 aromatic heterocycles. The van der Waals surface area contributed by atoms with Crippen molar-refractivity contribution >= 4 is 11.5 Å². The van der Waals surface area contributed by atoms with Gasteiger partial charge in [0, 0.05) is 0 Å². The van der Waals surface area contributed by atoms with Gasteiger partial charge in [-0.15, -0.1) is 5.73 Å². The predicted molar refractivity (Wildman–Crippen MR) is 69.7 cm³/mol. The van der Waals surface area contributed by atoms with Crippen LogP contribution in [0, 0.1) is 5.82 Å². The third-order valence-electron chi connectivity index (χ3n) is 2.65. The van der Waals surface area contributed by atoms with E-state index in [1.54, 1.807) is 19.1 Å². The molecule has 0 aliphatic rings. The topological polar surface area (TPSA) is 37.3 Å². The Morgan fingerprint density at radius 1 is 1.33 bits per heavy atom. The van der Waals surface area contributed by atoms with Crippen LogP contribution in [0.15, 0.2) is 35.6 Å². The van der Waals surface area contributed by atoms with E-state index < -0.39 is 5.97 Å². The molecule has 1 aromatic rings. The van der Waals surface area contributed by atoms with Crippen LogP contribution in [0.4, 0.5) is 4.39 Å². The summed E-state index contributed by atoms with van der Waals surface area (Å²) >= 11 is 0. The molecule has 0 aliphatic carbocycles. The molecule has 1 aromatic carbocycles. The van der Waals surface area contributed by atoms with Gasteiger partial charge in [-0.1, -0.05) is 25.5 Å². The number of carboxylic acid groups (broad SMARTS) is 1. The van der Waals surface area contributed by atoms with Crippen LogP contribution >= 0.6 is 0 Å². The Labute approximate surface area is 106 Å². The summed E-state index contributed by atoms with van der Waals surface area (Å²) in [6.07, 6.45) is 2.27. The molecule has 0 bridgehead atoms. The van der Waals surface area contributed by atoms with E-state index in [0.717, 1.165) is 18.4 Å². The molecular weight excluding hydrogens is 231 g/mol. The maximum Gasteiger partial charge on any atom is 0.339 e. The average Bonchev–Trinajstić information content (AvgIpc) is 2.34. The summed E-state index contributed by atoms with van der Waals surface area (Å²) in [6.45, 7) is 3.79. The van der Waals surface area contributed by atoms with Crippen molar-refractivity contribution in [2.75, 3.05) is 0 Å². The molecule has 0 radical (unpaired) electrons. The number of halogens is 1. The minimum Gasteiger partial charge on any atom is -0.477 e. The van der Waals surface area contributed by atoms with Gasteiger partial charge in [-0.2, -0.15) is 0 Å². The molecule has 2 nitrogen and oxygen atoms in total. The number of hydrogen-bond acceptors (Lipinski definition) is 1. The molecule has 0 aliphatic heterocycles. The lowest BCUT2D eigenvalue weighted by molar-refractivity contribution is -0.132. The number of hydrogen-bond donors (Lipinski definition) is 1. The first-order chi connectivity index (χ1) is 8.54. The SMILES string of the molecule is CCCCC(=C=C(C)c1ccc(F)cc1)C(=O)O. The number of unbranched alkanes of at least 4 members (excludes halogenated alkanes) is 1. The zero-order chi connectivity index (χ0) is 13.5. The first kappa shape index (κ1) is 14.2. The van der Waals surface area contributed by atoms with Gasteiger partial charge in [0.2, 0.25) is 0 Å². The van der Waals surface area contributed by atoms with Crippen molar-refractivity contribution in [3.05, 3.63) is 47.0 Å². The zero-order valence-corrected chi connectivity index (χ0v) is 10.7. The van der Waals surface area contributed by atoms with Crippen LogP contribution in [0.3, 0.4) is 0 Å². The second-order valence-corrected chi connectivity index (χ2v) is 4.14. The minimum absolute atomic E-state index is 0.277. The molecule has 3 heteroatoms. The number of rotatable bonds is 5. The van der Waals surface area contributed by atoms with Crippen LogP contribution in [0.25, 0.3) is 5.57 Å². The summed E-state index contributed by atoms with van der Waals surface area (Å²) in [6, 6.07) is 5.95. The Bertz CT molecular complexity index is 480. The molecule has 0 spiro atoms. The smallest absolute Gasteiger partial charge is 0.339 e. The van der Waals surface area contributed by atoms with Gasteiger partial charge in [0.1, 0.15) is 5.82 Å². The Kier molecular flexibility index (Phi) is 5.34. The molecule has 18 heavy (non-hydrogen) atoms. The summed E-state index contributed by atoms with van der Waals surface area (Å²) in [7, 11) is 0. The number of carbonyl (C=O) groups is 1. The van der Waals surface area contributed by atoms with Gasteiger partial charge in [0.15, 0.2) is 0 Å². The first-order valence-corrected chi connectivity index (χ1v) is 6.00. The molecule has 0 heterocycles. The van der Waals surface area contributed by atoms with Crippen molar-refractivity contribution < 1.29 is 14.3 Å². The van der Waals surface area contributed by atoms with Crippen molar-refractivity contribution in [3.8, 4) is 0 Å². The van der Waals surface area contributed by atoms with Gasteiger partial charge in [0.25, 0.3) is 0 Å². The molecule has 0 amide bonds. The van der Waals surface area contributed by atoms with Crippen LogP contribution in [-0.4, -0.2) is 11.1 Å². The van der Waals surface area contributed by atoms with Crippen molar-refractivity contribution in [1.82, 2.24) is 0 Å². The van der Waals surface area contributed by atoms with Crippen molar-refractivity contribution in [2.45, 2.75) is 33.1 Å². The number of aliphatic carboxylic acids is 1. The summed E-state index contributed by atoms with van der Waals surface area (Å²) < 4.78 is 12.8. The first-order valence-electron chi connectivity index (χ1n) is 6.00. The highest BCUT2D eigenvalue weighted by atomic mass is 19.1. The van der Waals surface area contributed by atoms with Crippen LogP contribution in [0.5, 0.6) is 0 Å². The Balaban J connectivity index is 3.08. The van der Waals surface area contributed by atoms with Gasteiger partial charge in [-0.3, -0.25) is 0 Å². The van der Waals surface area contributed by atoms with Crippen molar-refractivity contribution in [1.29, 1.82) is 0 Å². The van der Waals surface area contributed by atoms with Gasteiger partial charge >= 0.3 is 5.97 Å². The molecule has 0 saturated carbocycles. The molecule has 1 N–H and O–H groups in total. The molecule has 0 atom stereocenters. The van der Waals surface area contributed by atoms with Gasteiger partial charge in [-0.05, 0) is 43.0 Å².